The van der Waals surface area contributed by atoms with Crippen molar-refractivity contribution in [1.29, 1.82) is 0 Å². The van der Waals surface area contributed by atoms with Crippen LogP contribution in [0.25, 0.3) is 181 Å². The third-order valence-electron chi connectivity index (χ3n) is 23.5. The largest absolute Gasteiger partial charge is 0.338 e. The summed E-state index contributed by atoms with van der Waals surface area (Å²) >= 11 is 7.77. The lowest BCUT2D eigenvalue weighted by Crippen LogP contribution is -2.13. The van der Waals surface area contributed by atoms with Crippen LogP contribution in [0.3, 0.4) is 0 Å². The number of benzene rings is 8. The van der Waals surface area contributed by atoms with Crippen LogP contribution in [0, 0.1) is 23.7 Å². The first-order valence-electron chi connectivity index (χ1n) is 38.1. The van der Waals surface area contributed by atoms with E-state index in [1.165, 1.54) is 193 Å². The molecule has 506 valence electrons. The van der Waals surface area contributed by atoms with Crippen molar-refractivity contribution in [3.05, 3.63) is 132 Å². The highest BCUT2D eigenvalue weighted by molar-refractivity contribution is 7.29. The van der Waals surface area contributed by atoms with Crippen molar-refractivity contribution in [3.8, 4) is 9.75 Å². The van der Waals surface area contributed by atoms with Gasteiger partial charge in [-0.25, -0.2) is 19.9 Å². The molecule has 12 heteroatoms. The van der Waals surface area contributed by atoms with Crippen LogP contribution in [0.1, 0.15) is 158 Å². The van der Waals surface area contributed by atoms with Crippen molar-refractivity contribution in [2.45, 2.75) is 184 Å². The summed E-state index contributed by atoms with van der Waals surface area (Å²) < 4.78 is 16.5. The van der Waals surface area contributed by atoms with E-state index < -0.39 is 0 Å². The second-order valence-corrected chi connectivity index (χ2v) is 33.3. The highest BCUT2D eigenvalue weighted by Crippen LogP contribution is 2.54. The number of aromatic nitrogens is 8. The Balaban J connectivity index is 0.980. The molecule has 10 aromatic heterocycles. The zero-order chi connectivity index (χ0) is 67.6. The summed E-state index contributed by atoms with van der Waals surface area (Å²) in [6, 6.07) is 45.8. The Hall–Kier alpha value is -8.00. The minimum Gasteiger partial charge on any atom is -0.338 e. The van der Waals surface area contributed by atoms with E-state index in [-0.39, 0.29) is 0 Å². The van der Waals surface area contributed by atoms with Gasteiger partial charge in [0.25, 0.3) is 0 Å². The van der Waals surface area contributed by atoms with Gasteiger partial charge in [-0.15, -0.1) is 45.3 Å². The van der Waals surface area contributed by atoms with Crippen LogP contribution >= 0.6 is 45.3 Å². The summed E-state index contributed by atoms with van der Waals surface area (Å²) in [6.45, 7) is 23.0. The molecule has 0 N–H and O–H groups in total. The Bertz CT molecular complexity index is 5860. The molecular formula is C88H90N8S4. The van der Waals surface area contributed by atoms with Crippen LogP contribution in [0.2, 0.25) is 0 Å². The number of thiophene rings is 4. The third kappa shape index (κ3) is 9.93. The third-order valence-corrected chi connectivity index (χ3v) is 27.8. The summed E-state index contributed by atoms with van der Waals surface area (Å²) in [5.41, 5.74) is 18.7. The molecule has 0 bridgehead atoms. The van der Waals surface area contributed by atoms with Gasteiger partial charge in [-0.3, -0.25) is 0 Å². The summed E-state index contributed by atoms with van der Waals surface area (Å²) in [4.78, 5) is 27.1. The maximum Gasteiger partial charge on any atom is 0.101 e. The topological polar surface area (TPSA) is 71.3 Å². The fraction of sp³-hybridized carbons (Fsp3) is 0.364. The van der Waals surface area contributed by atoms with Crippen molar-refractivity contribution < 1.29 is 0 Å². The molecule has 8 nitrogen and oxygen atoms in total. The average molecular weight is 1390 g/mol. The molecule has 18 aromatic rings. The van der Waals surface area contributed by atoms with E-state index in [1.54, 1.807) is 0 Å². The van der Waals surface area contributed by atoms with Gasteiger partial charge in [0, 0.05) is 79.0 Å². The molecule has 0 amide bonds. The van der Waals surface area contributed by atoms with Crippen molar-refractivity contribution >= 4 is 217 Å². The number of hydrogen-bond acceptors (Lipinski definition) is 8. The molecular weight excluding hydrogens is 1300 g/mol. The van der Waals surface area contributed by atoms with Gasteiger partial charge in [-0.1, -0.05) is 230 Å². The van der Waals surface area contributed by atoms with Gasteiger partial charge in [0.05, 0.1) is 85.0 Å². The minimum absolute atomic E-state index is 0.504. The van der Waals surface area contributed by atoms with Gasteiger partial charge in [-0.2, -0.15) is 0 Å². The van der Waals surface area contributed by atoms with Gasteiger partial charge in [0.2, 0.25) is 0 Å². The van der Waals surface area contributed by atoms with E-state index in [9.17, 15) is 0 Å². The molecule has 0 saturated carbocycles. The predicted molar refractivity (Wildman–Crippen MR) is 440 cm³/mol. The summed E-state index contributed by atoms with van der Waals surface area (Å²) in [7, 11) is 0. The van der Waals surface area contributed by atoms with E-state index in [1.807, 2.05) is 45.3 Å². The summed E-state index contributed by atoms with van der Waals surface area (Å²) in [5.74, 6) is 2.11. The molecule has 100 heavy (non-hydrogen) atoms. The van der Waals surface area contributed by atoms with Crippen molar-refractivity contribution in [2.24, 2.45) is 23.7 Å². The fourth-order valence-electron chi connectivity index (χ4n) is 18.0. The Kier molecular flexibility index (Phi) is 16.7. The van der Waals surface area contributed by atoms with Crippen molar-refractivity contribution in [3.63, 3.8) is 0 Å². The Labute approximate surface area is 600 Å². The molecule has 4 unspecified atom stereocenters. The molecule has 10 heterocycles. The standard InChI is InChI=1S/C88H90N8S4/c1-9-17-29-51(13-5)47-93-63-41-43-97-85(63)69-77-79(91-75-61-39-27-23-35-57(61)55-33-21-25-37-59(55)73(75)89-77)71-83(81(69)93)95(49-53(15-7)31-19-11-3)65-45-67(99-87(65)71)68-46-66-88(100-68)72-80-78(90-74-60-38-26-22-34-56(60)58-36-24-28-40-62(58)76(74)92-80)70-82(84(72)96(66)50-54(16-8)32-20-12-4)94(64-42-44-98-86(64)70)48-52(14-6)30-18-10-2/h21-28,33-46,51-54H,9-20,29-32,47-50H2,1-8H3. The molecule has 0 radical (unpaired) electrons. The molecule has 0 saturated heterocycles. The second kappa shape index (κ2) is 26.1. The smallest absolute Gasteiger partial charge is 0.101 e. The molecule has 4 atom stereocenters. The SMILES string of the molecule is CCCCC(CC)Cn1c2ccsc2c2c3nc4c5ccccc5c5ccccc5c4nc3c3c4sc(-c5cc6c(s5)c5c7nc8c9ccccc9c9ccccc9c8nc7c7c8sccc8n(CC(CC)CCCC)c7c5n6CC(CC)CCCC)cc4n(CC(CC)CCCC)c3c21. The zero-order valence-electron chi connectivity index (χ0n) is 59.4. The van der Waals surface area contributed by atoms with E-state index in [4.69, 9.17) is 19.9 Å². The first-order chi connectivity index (χ1) is 49.3. The van der Waals surface area contributed by atoms with E-state index >= 15 is 0 Å². The van der Waals surface area contributed by atoms with Crippen molar-refractivity contribution in [2.75, 3.05) is 0 Å². The first-order valence-corrected chi connectivity index (χ1v) is 41.4. The highest BCUT2D eigenvalue weighted by Gasteiger charge is 2.33. The van der Waals surface area contributed by atoms with Crippen LogP contribution in [-0.2, 0) is 26.2 Å². The molecule has 8 aromatic carbocycles. The first kappa shape index (κ1) is 64.1. The van der Waals surface area contributed by atoms with Crippen LogP contribution in [0.4, 0.5) is 0 Å². The summed E-state index contributed by atoms with van der Waals surface area (Å²) in [6.07, 6.45) is 19.1. The molecule has 18 rings (SSSR count). The van der Waals surface area contributed by atoms with Crippen LogP contribution in [0.15, 0.2) is 132 Å². The quantitative estimate of drug-likeness (QED) is 0.0422. The zero-order valence-corrected chi connectivity index (χ0v) is 62.6. The molecule has 0 aliphatic rings. The maximum absolute atomic E-state index is 6.15. The van der Waals surface area contributed by atoms with Crippen LogP contribution < -0.4 is 0 Å². The average Bonchev–Trinajstić information content (AvgIpc) is 1.49. The Morgan fingerprint density at radius 3 is 0.830 bits per heavy atom. The maximum atomic E-state index is 6.15. The fourth-order valence-corrected chi connectivity index (χ4v) is 22.3. The van der Waals surface area contributed by atoms with Crippen molar-refractivity contribution in [1.82, 2.24) is 38.2 Å². The number of rotatable bonds is 25. The van der Waals surface area contributed by atoms with E-state index in [0.717, 1.165) is 118 Å². The number of unbranched alkanes of at least 4 members (excludes halogenated alkanes) is 4. The molecule has 0 spiro atoms. The van der Waals surface area contributed by atoms with Gasteiger partial charge in [-0.05, 0) is 106 Å². The summed E-state index contributed by atoms with van der Waals surface area (Å²) in [5, 5.41) is 19.2. The highest BCUT2D eigenvalue weighted by atomic mass is 32.1. The van der Waals surface area contributed by atoms with E-state index in [0.29, 0.717) is 23.7 Å². The second-order valence-electron chi connectivity index (χ2n) is 29.3. The monoisotopic (exact) mass is 1390 g/mol. The van der Waals surface area contributed by atoms with Gasteiger partial charge >= 0.3 is 0 Å². The van der Waals surface area contributed by atoms with Gasteiger partial charge in [0.1, 0.15) is 22.1 Å². The van der Waals surface area contributed by atoms with E-state index in [2.05, 4.69) is 206 Å². The molecule has 0 fully saturated rings. The van der Waals surface area contributed by atoms with Crippen LogP contribution in [0.5, 0.6) is 0 Å². The number of hydrogen-bond donors (Lipinski definition) is 0. The molecule has 0 aliphatic heterocycles. The lowest BCUT2D eigenvalue weighted by atomic mass is 9.98. The Morgan fingerprint density at radius 2 is 0.560 bits per heavy atom. The predicted octanol–water partition coefficient (Wildman–Crippen LogP) is 27.7. The normalized spacial score (nSPS) is 14.0. The van der Waals surface area contributed by atoms with Gasteiger partial charge < -0.3 is 18.3 Å². The van der Waals surface area contributed by atoms with Gasteiger partial charge in [0.15, 0.2) is 0 Å². The number of fused-ring (bicyclic) bond motifs is 32. The van der Waals surface area contributed by atoms with Crippen LogP contribution in [-0.4, -0.2) is 38.2 Å². The lowest BCUT2D eigenvalue weighted by molar-refractivity contribution is 0.398. The Morgan fingerprint density at radius 1 is 0.300 bits per heavy atom. The number of nitrogens with zero attached hydrogens (tertiary/aromatic N) is 8. The lowest BCUT2D eigenvalue weighted by Gasteiger charge is -2.20. The molecule has 0 aliphatic carbocycles. The minimum atomic E-state index is 0.504.